The average molecular weight is 627 g/mol. The minimum atomic E-state index is 0.616. The Kier molecular flexibility index (Phi) is 6.78. The van der Waals surface area contributed by atoms with Gasteiger partial charge in [0.1, 0.15) is 11.2 Å². The number of fused-ring (bicyclic) bond motifs is 5. The highest BCUT2D eigenvalue weighted by Crippen LogP contribution is 2.43. The molecular formula is C44H26N4O. The highest BCUT2D eigenvalue weighted by Gasteiger charge is 2.18. The van der Waals surface area contributed by atoms with E-state index in [1.165, 1.54) is 0 Å². The fourth-order valence-corrected chi connectivity index (χ4v) is 6.59. The summed E-state index contributed by atoms with van der Waals surface area (Å²) >= 11 is 0. The zero-order valence-corrected chi connectivity index (χ0v) is 26.2. The van der Waals surface area contributed by atoms with Crippen molar-refractivity contribution in [1.82, 2.24) is 15.0 Å². The van der Waals surface area contributed by atoms with Gasteiger partial charge in [-0.25, -0.2) is 15.0 Å². The lowest BCUT2D eigenvalue weighted by Crippen LogP contribution is -2.00. The number of furan rings is 1. The topological polar surface area (TPSA) is 75.6 Å². The highest BCUT2D eigenvalue weighted by atomic mass is 16.3. The summed E-state index contributed by atoms with van der Waals surface area (Å²) in [6.07, 6.45) is 0. The smallest absolute Gasteiger partial charge is 0.164 e. The van der Waals surface area contributed by atoms with Crippen LogP contribution in [-0.4, -0.2) is 15.0 Å². The van der Waals surface area contributed by atoms with Crippen molar-refractivity contribution in [3.05, 3.63) is 163 Å². The van der Waals surface area contributed by atoms with Gasteiger partial charge in [0.2, 0.25) is 0 Å². The Morgan fingerprint density at radius 2 is 0.939 bits per heavy atom. The third-order valence-electron chi connectivity index (χ3n) is 8.98. The summed E-state index contributed by atoms with van der Waals surface area (Å²) < 4.78 is 6.59. The van der Waals surface area contributed by atoms with Crippen LogP contribution in [0.4, 0.5) is 0 Å². The van der Waals surface area contributed by atoms with Crippen LogP contribution < -0.4 is 0 Å². The number of nitriles is 1. The predicted molar refractivity (Wildman–Crippen MR) is 197 cm³/mol. The van der Waals surface area contributed by atoms with Gasteiger partial charge in [0.15, 0.2) is 17.5 Å². The molecule has 0 unspecified atom stereocenters. The maximum Gasteiger partial charge on any atom is 0.164 e. The molecule has 0 saturated carbocycles. The van der Waals surface area contributed by atoms with Gasteiger partial charge < -0.3 is 4.42 Å². The average Bonchev–Trinajstić information content (AvgIpc) is 3.57. The van der Waals surface area contributed by atoms with Crippen LogP contribution >= 0.6 is 0 Å². The molecule has 0 bridgehead atoms. The molecule has 0 aliphatic rings. The fraction of sp³-hybridized carbons (Fsp3) is 0. The fourth-order valence-electron chi connectivity index (χ4n) is 6.59. The standard InChI is InChI=1S/C44H26N4O/c45-27-28-18-20-30(21-19-28)37-26-38-40-34(16-9-17-39(40)49-41(38)36-15-8-7-14-35(36)37)29-22-24-33(25-23-29)44-47-42(31-10-3-1-4-11-31)46-43(48-44)32-12-5-2-6-13-32/h1-26H. The summed E-state index contributed by atoms with van der Waals surface area (Å²) in [6, 6.07) is 55.2. The van der Waals surface area contributed by atoms with Crippen LogP contribution in [0.3, 0.4) is 0 Å². The molecular weight excluding hydrogens is 601 g/mol. The molecule has 0 amide bonds. The number of hydrogen-bond donors (Lipinski definition) is 0. The zero-order valence-electron chi connectivity index (χ0n) is 26.2. The van der Waals surface area contributed by atoms with Crippen molar-refractivity contribution in [3.8, 4) is 62.5 Å². The van der Waals surface area contributed by atoms with Crippen LogP contribution in [0.25, 0.3) is 89.1 Å². The minimum Gasteiger partial charge on any atom is -0.455 e. The van der Waals surface area contributed by atoms with Crippen LogP contribution in [0.1, 0.15) is 5.56 Å². The third-order valence-corrected chi connectivity index (χ3v) is 8.98. The second kappa shape index (κ2) is 11.7. The molecule has 0 N–H and O–H groups in total. The molecule has 0 aliphatic carbocycles. The van der Waals surface area contributed by atoms with Gasteiger partial charge in [0.25, 0.3) is 0 Å². The molecule has 2 aromatic heterocycles. The van der Waals surface area contributed by atoms with E-state index < -0.39 is 0 Å². The summed E-state index contributed by atoms with van der Waals surface area (Å²) in [5, 5.41) is 13.6. The highest BCUT2D eigenvalue weighted by molar-refractivity contribution is 6.22. The molecule has 0 radical (unpaired) electrons. The first kappa shape index (κ1) is 28.3. The summed E-state index contributed by atoms with van der Waals surface area (Å²) in [5.74, 6) is 1.88. The largest absolute Gasteiger partial charge is 0.455 e. The van der Waals surface area contributed by atoms with Crippen LogP contribution in [0.15, 0.2) is 162 Å². The van der Waals surface area contributed by atoms with Crippen molar-refractivity contribution in [2.24, 2.45) is 0 Å². The van der Waals surface area contributed by atoms with E-state index in [0.717, 1.165) is 71.7 Å². The van der Waals surface area contributed by atoms with Gasteiger partial charge in [-0.1, -0.05) is 133 Å². The van der Waals surface area contributed by atoms with Crippen molar-refractivity contribution in [2.45, 2.75) is 0 Å². The van der Waals surface area contributed by atoms with Crippen molar-refractivity contribution in [3.63, 3.8) is 0 Å². The van der Waals surface area contributed by atoms with Crippen LogP contribution in [0.5, 0.6) is 0 Å². The summed E-state index contributed by atoms with van der Waals surface area (Å²) in [6.45, 7) is 0. The van der Waals surface area contributed by atoms with Gasteiger partial charge in [-0.3, -0.25) is 0 Å². The van der Waals surface area contributed by atoms with Crippen molar-refractivity contribution in [2.75, 3.05) is 0 Å². The Bertz CT molecular complexity index is 2630. The third kappa shape index (κ3) is 5.00. The van der Waals surface area contributed by atoms with Gasteiger partial charge in [0, 0.05) is 32.8 Å². The Morgan fingerprint density at radius 3 is 1.55 bits per heavy atom. The molecule has 49 heavy (non-hydrogen) atoms. The first-order chi connectivity index (χ1) is 24.2. The van der Waals surface area contributed by atoms with Gasteiger partial charge >= 0.3 is 0 Å². The molecule has 9 aromatic rings. The first-order valence-electron chi connectivity index (χ1n) is 16.1. The van der Waals surface area contributed by atoms with E-state index in [0.29, 0.717) is 23.0 Å². The number of nitrogens with zero attached hydrogens (tertiary/aromatic N) is 4. The first-order valence-corrected chi connectivity index (χ1v) is 16.1. The molecule has 0 atom stereocenters. The molecule has 0 saturated heterocycles. The molecule has 0 spiro atoms. The number of benzene rings is 7. The van der Waals surface area contributed by atoms with E-state index in [9.17, 15) is 5.26 Å². The second-order valence-corrected chi connectivity index (χ2v) is 11.9. The lowest BCUT2D eigenvalue weighted by atomic mass is 9.93. The van der Waals surface area contributed by atoms with Crippen LogP contribution in [0, 0.1) is 11.3 Å². The van der Waals surface area contributed by atoms with Gasteiger partial charge in [0.05, 0.1) is 11.6 Å². The van der Waals surface area contributed by atoms with Gasteiger partial charge in [-0.15, -0.1) is 0 Å². The van der Waals surface area contributed by atoms with E-state index in [-0.39, 0.29) is 0 Å². The van der Waals surface area contributed by atoms with E-state index in [1.807, 2.05) is 103 Å². The number of hydrogen-bond acceptors (Lipinski definition) is 5. The Morgan fingerprint density at radius 1 is 0.429 bits per heavy atom. The molecule has 7 aromatic carbocycles. The van der Waals surface area contributed by atoms with E-state index >= 15 is 0 Å². The molecule has 5 heteroatoms. The molecule has 2 heterocycles. The summed E-state index contributed by atoms with van der Waals surface area (Å²) in [4.78, 5) is 14.6. The molecule has 228 valence electrons. The SMILES string of the molecule is N#Cc1ccc(-c2cc3c(oc4cccc(-c5ccc(-c6nc(-c7ccccc7)nc(-c7ccccc7)n6)cc5)c43)c3ccccc23)cc1. The predicted octanol–water partition coefficient (Wildman–Crippen LogP) is 11.1. The van der Waals surface area contributed by atoms with Crippen molar-refractivity contribution < 1.29 is 4.42 Å². The lowest BCUT2D eigenvalue weighted by Gasteiger charge is -2.10. The summed E-state index contributed by atoms with van der Waals surface area (Å²) in [5.41, 5.74) is 9.39. The van der Waals surface area contributed by atoms with E-state index in [1.54, 1.807) is 0 Å². The van der Waals surface area contributed by atoms with Gasteiger partial charge in [-0.2, -0.15) is 5.26 Å². The van der Waals surface area contributed by atoms with E-state index in [4.69, 9.17) is 19.4 Å². The normalized spacial score (nSPS) is 11.2. The monoisotopic (exact) mass is 626 g/mol. The quantitative estimate of drug-likeness (QED) is 0.190. The second-order valence-electron chi connectivity index (χ2n) is 11.9. The van der Waals surface area contributed by atoms with Crippen LogP contribution in [0.2, 0.25) is 0 Å². The van der Waals surface area contributed by atoms with Crippen LogP contribution in [-0.2, 0) is 0 Å². The Hall–Kier alpha value is -6.90. The molecule has 9 rings (SSSR count). The van der Waals surface area contributed by atoms with E-state index in [2.05, 4.69) is 60.7 Å². The number of rotatable bonds is 5. The van der Waals surface area contributed by atoms with Gasteiger partial charge in [-0.05, 0) is 51.9 Å². The molecule has 0 fully saturated rings. The number of aromatic nitrogens is 3. The Balaban J connectivity index is 1.19. The van der Waals surface area contributed by atoms with Crippen molar-refractivity contribution >= 4 is 32.7 Å². The van der Waals surface area contributed by atoms with Crippen molar-refractivity contribution in [1.29, 1.82) is 5.26 Å². The molecule has 0 aliphatic heterocycles. The minimum absolute atomic E-state index is 0.616. The maximum atomic E-state index is 9.37. The Labute approximate surface area is 282 Å². The maximum absolute atomic E-state index is 9.37. The zero-order chi connectivity index (χ0) is 32.7. The molecule has 5 nitrogen and oxygen atoms in total. The summed E-state index contributed by atoms with van der Waals surface area (Å²) in [7, 11) is 0. The lowest BCUT2D eigenvalue weighted by molar-refractivity contribution is 0.673.